The second-order valence-corrected chi connectivity index (χ2v) is 5.18. The Balaban J connectivity index is 0.000000260. The van der Waals surface area contributed by atoms with E-state index in [1.165, 1.54) is 20.3 Å². The number of ether oxygens (including phenoxy) is 4. The zero-order valence-corrected chi connectivity index (χ0v) is 14.6. The molecule has 0 aromatic heterocycles. The third kappa shape index (κ3) is 4.42. The third-order valence-electron chi connectivity index (χ3n) is 3.64. The van der Waals surface area contributed by atoms with E-state index < -0.39 is 12.3 Å². The molecular weight excluding hydrogens is 336 g/mol. The Morgan fingerprint density at radius 3 is 1.88 bits per heavy atom. The van der Waals surface area contributed by atoms with E-state index in [9.17, 15) is 9.59 Å². The van der Waals surface area contributed by atoms with E-state index in [-0.39, 0.29) is 12.7 Å². The van der Waals surface area contributed by atoms with Crippen molar-refractivity contribution >= 4 is 12.3 Å². The molecule has 0 radical (unpaired) electrons. The molecule has 2 aromatic carbocycles. The number of rotatable bonds is 3. The minimum absolute atomic E-state index is 0.201. The molecule has 0 atom stereocenters. The van der Waals surface area contributed by atoms with Crippen molar-refractivity contribution in [3.63, 3.8) is 0 Å². The van der Waals surface area contributed by atoms with Gasteiger partial charge in [-0.2, -0.15) is 0 Å². The Morgan fingerprint density at radius 1 is 0.923 bits per heavy atom. The first-order chi connectivity index (χ1) is 12.6. The maximum atomic E-state index is 11.3. The van der Waals surface area contributed by atoms with Crippen molar-refractivity contribution in [1.29, 1.82) is 0 Å². The molecule has 6 nitrogen and oxygen atoms in total. The standard InChI is InChI=1S/C15H12O3.C5H8O3/c1-17-15(16)18-14-12-8-4-2-6-10(12)11-7-3-5-9-13(11)14;1-3-4-8-5(6)7-2/h2-9,14H,1H3;3H,1,4H2,2H3. The number of hydrogen-bond acceptors (Lipinski definition) is 6. The minimum atomic E-state index is -0.676. The smallest absolute Gasteiger partial charge is 0.438 e. The Kier molecular flexibility index (Phi) is 6.79. The largest absolute Gasteiger partial charge is 0.508 e. The van der Waals surface area contributed by atoms with E-state index in [4.69, 9.17) is 4.74 Å². The van der Waals surface area contributed by atoms with Gasteiger partial charge in [0.15, 0.2) is 6.10 Å². The van der Waals surface area contributed by atoms with Crippen LogP contribution in [0.5, 0.6) is 0 Å². The molecule has 0 bridgehead atoms. The van der Waals surface area contributed by atoms with E-state index in [1.807, 2.05) is 48.5 Å². The van der Waals surface area contributed by atoms with Gasteiger partial charge in [-0.15, -0.1) is 0 Å². The predicted octanol–water partition coefficient (Wildman–Crippen LogP) is 4.49. The molecule has 2 aromatic rings. The molecule has 1 aliphatic rings. The van der Waals surface area contributed by atoms with Crippen LogP contribution in [0.1, 0.15) is 17.2 Å². The highest BCUT2D eigenvalue weighted by Gasteiger charge is 2.31. The second-order valence-electron chi connectivity index (χ2n) is 5.18. The summed E-state index contributed by atoms with van der Waals surface area (Å²) in [6.07, 6.45) is -0.238. The van der Waals surface area contributed by atoms with Crippen LogP contribution in [-0.4, -0.2) is 33.1 Å². The average Bonchev–Trinajstić information content (AvgIpc) is 3.00. The summed E-state index contributed by atoms with van der Waals surface area (Å²) in [6.45, 7) is 3.54. The minimum Gasteiger partial charge on any atom is -0.438 e. The molecular formula is C20H20O6. The quantitative estimate of drug-likeness (QED) is 0.596. The summed E-state index contributed by atoms with van der Waals surface area (Å²) in [4.78, 5) is 21.4. The number of carbonyl (C=O) groups excluding carboxylic acids is 2. The zero-order chi connectivity index (χ0) is 18.9. The van der Waals surface area contributed by atoms with Crippen molar-refractivity contribution in [3.8, 4) is 11.1 Å². The lowest BCUT2D eigenvalue weighted by atomic mass is 10.1. The van der Waals surface area contributed by atoms with E-state index >= 15 is 0 Å². The summed E-state index contributed by atoms with van der Waals surface area (Å²) in [7, 11) is 2.57. The molecule has 0 saturated heterocycles. The van der Waals surface area contributed by atoms with Gasteiger partial charge in [-0.1, -0.05) is 61.2 Å². The van der Waals surface area contributed by atoms with E-state index in [1.54, 1.807) is 0 Å². The first-order valence-electron chi connectivity index (χ1n) is 7.86. The van der Waals surface area contributed by atoms with Crippen molar-refractivity contribution in [2.45, 2.75) is 6.10 Å². The lowest BCUT2D eigenvalue weighted by molar-refractivity contribution is 0.0511. The molecule has 26 heavy (non-hydrogen) atoms. The van der Waals surface area contributed by atoms with Gasteiger partial charge in [-0.3, -0.25) is 0 Å². The van der Waals surface area contributed by atoms with Crippen LogP contribution in [-0.2, 0) is 18.9 Å². The van der Waals surface area contributed by atoms with Gasteiger partial charge in [0, 0.05) is 11.1 Å². The van der Waals surface area contributed by atoms with Crippen molar-refractivity contribution in [2.75, 3.05) is 20.8 Å². The van der Waals surface area contributed by atoms with Crippen LogP contribution in [0.4, 0.5) is 9.59 Å². The van der Waals surface area contributed by atoms with Crippen molar-refractivity contribution < 1.29 is 28.5 Å². The zero-order valence-electron chi connectivity index (χ0n) is 14.6. The highest BCUT2D eigenvalue weighted by Crippen LogP contribution is 2.45. The number of methoxy groups -OCH3 is 2. The Morgan fingerprint density at radius 2 is 1.42 bits per heavy atom. The maximum Gasteiger partial charge on any atom is 0.508 e. The average molecular weight is 356 g/mol. The molecule has 0 N–H and O–H groups in total. The first-order valence-corrected chi connectivity index (χ1v) is 7.86. The lowest BCUT2D eigenvalue weighted by Crippen LogP contribution is -2.10. The molecule has 136 valence electrons. The summed E-state index contributed by atoms with van der Waals surface area (Å²) in [5, 5.41) is 0. The molecule has 0 spiro atoms. The topological polar surface area (TPSA) is 71.1 Å². The monoisotopic (exact) mass is 356 g/mol. The van der Waals surface area contributed by atoms with Gasteiger partial charge < -0.3 is 18.9 Å². The van der Waals surface area contributed by atoms with Crippen LogP contribution in [0.3, 0.4) is 0 Å². The molecule has 3 rings (SSSR count). The maximum absolute atomic E-state index is 11.3. The number of carbonyl (C=O) groups is 2. The predicted molar refractivity (Wildman–Crippen MR) is 95.8 cm³/mol. The van der Waals surface area contributed by atoms with Crippen molar-refractivity contribution in [3.05, 3.63) is 72.3 Å². The van der Waals surface area contributed by atoms with Gasteiger partial charge in [-0.25, -0.2) is 9.59 Å². The normalized spacial score (nSPS) is 11.2. The van der Waals surface area contributed by atoms with Crippen LogP contribution in [0, 0.1) is 0 Å². The van der Waals surface area contributed by atoms with Gasteiger partial charge >= 0.3 is 12.3 Å². The summed E-state index contributed by atoms with van der Waals surface area (Å²) in [5.41, 5.74) is 4.23. The molecule has 0 aliphatic heterocycles. The van der Waals surface area contributed by atoms with E-state index in [0.717, 1.165) is 22.3 Å². The first kappa shape index (κ1) is 19.1. The summed E-state index contributed by atoms with van der Waals surface area (Å²) in [6, 6.07) is 15.9. The highest BCUT2D eigenvalue weighted by atomic mass is 16.7. The Hall–Kier alpha value is -3.28. The fraction of sp³-hybridized carbons (Fsp3) is 0.200. The molecule has 6 heteroatoms. The van der Waals surface area contributed by atoms with Crippen LogP contribution >= 0.6 is 0 Å². The summed E-state index contributed by atoms with van der Waals surface area (Å²) >= 11 is 0. The summed E-state index contributed by atoms with van der Waals surface area (Å²) in [5.74, 6) is 0. The fourth-order valence-corrected chi connectivity index (χ4v) is 2.57. The molecule has 0 saturated carbocycles. The molecule has 1 aliphatic carbocycles. The van der Waals surface area contributed by atoms with E-state index in [0.29, 0.717) is 0 Å². The number of fused-ring (bicyclic) bond motifs is 3. The molecule has 0 unspecified atom stereocenters. The van der Waals surface area contributed by atoms with Gasteiger partial charge in [0.25, 0.3) is 0 Å². The Bertz CT molecular complexity index is 738. The molecule has 0 amide bonds. The number of hydrogen-bond donors (Lipinski definition) is 0. The SMILES string of the molecule is C=CCOC(=O)OC.COC(=O)OC1c2ccccc2-c2ccccc21. The van der Waals surface area contributed by atoms with Gasteiger partial charge in [0.2, 0.25) is 0 Å². The van der Waals surface area contributed by atoms with Gasteiger partial charge in [0.1, 0.15) is 6.61 Å². The van der Waals surface area contributed by atoms with Crippen LogP contribution in [0.15, 0.2) is 61.2 Å². The number of benzene rings is 2. The van der Waals surface area contributed by atoms with E-state index in [2.05, 4.69) is 20.8 Å². The van der Waals surface area contributed by atoms with Crippen LogP contribution in [0.2, 0.25) is 0 Å². The summed E-state index contributed by atoms with van der Waals surface area (Å²) < 4.78 is 18.4. The fourth-order valence-electron chi connectivity index (χ4n) is 2.57. The van der Waals surface area contributed by atoms with Crippen molar-refractivity contribution in [2.24, 2.45) is 0 Å². The second kappa shape index (κ2) is 9.27. The molecule has 0 heterocycles. The van der Waals surface area contributed by atoms with Gasteiger partial charge in [-0.05, 0) is 11.1 Å². The third-order valence-corrected chi connectivity index (χ3v) is 3.64. The van der Waals surface area contributed by atoms with Crippen LogP contribution in [0.25, 0.3) is 11.1 Å². The highest BCUT2D eigenvalue weighted by molar-refractivity contribution is 5.79. The van der Waals surface area contributed by atoms with Crippen molar-refractivity contribution in [1.82, 2.24) is 0 Å². The Labute approximate surface area is 151 Å². The lowest BCUT2D eigenvalue weighted by Gasteiger charge is -2.13. The van der Waals surface area contributed by atoms with Crippen LogP contribution < -0.4 is 0 Å². The molecule has 0 fully saturated rings. The van der Waals surface area contributed by atoms with Gasteiger partial charge in [0.05, 0.1) is 14.2 Å².